The molecule has 7 amide bonds. The maximum Gasteiger partial charge on any atom is 0.416 e. The summed E-state index contributed by atoms with van der Waals surface area (Å²) in [6, 6.07) is 10.1. The second-order valence-corrected chi connectivity index (χ2v) is 18.4. The van der Waals surface area contributed by atoms with E-state index in [-0.39, 0.29) is 59.7 Å². The van der Waals surface area contributed by atoms with Gasteiger partial charge in [-0.1, -0.05) is 37.1 Å². The van der Waals surface area contributed by atoms with Crippen LogP contribution in [0.5, 0.6) is 17.2 Å². The quantitative estimate of drug-likeness (QED) is 0.0812. The zero-order chi connectivity index (χ0) is 52.1. The minimum Gasteiger partial charge on any atom is -0.494 e. The fraction of sp³-hybridized carbons (Fsp3) is 0.420. The molecule has 72 heavy (non-hydrogen) atoms. The largest absolute Gasteiger partial charge is 0.494 e. The third-order valence-corrected chi connectivity index (χ3v) is 12.7. The van der Waals surface area contributed by atoms with Gasteiger partial charge in [-0.05, 0) is 94.7 Å². The van der Waals surface area contributed by atoms with Gasteiger partial charge >= 0.3 is 18.3 Å². The van der Waals surface area contributed by atoms with E-state index in [9.17, 15) is 48.9 Å². The topological polar surface area (TPSA) is 286 Å². The molecule has 0 aromatic heterocycles. The lowest BCUT2D eigenvalue weighted by atomic mass is 10.0. The van der Waals surface area contributed by atoms with Gasteiger partial charge in [-0.2, -0.15) is 0 Å². The summed E-state index contributed by atoms with van der Waals surface area (Å²) in [5, 5.41) is 49.4. The first-order valence-corrected chi connectivity index (χ1v) is 23.4. The number of anilines is 3. The molecular weight excluding hydrogens is 939 g/mol. The molecule has 0 spiro atoms. The Morgan fingerprint density at radius 3 is 1.90 bits per heavy atom. The molecule has 0 saturated carbocycles. The first kappa shape index (κ1) is 52.0. The molecule has 4 aliphatic heterocycles. The van der Waals surface area contributed by atoms with E-state index in [0.29, 0.717) is 49.1 Å². The normalized spacial score (nSPS) is 19.8. The molecular formula is C50H59N7O15. The van der Waals surface area contributed by atoms with Gasteiger partial charge < -0.3 is 65.1 Å². The van der Waals surface area contributed by atoms with Crippen molar-refractivity contribution >= 4 is 59.0 Å². The van der Waals surface area contributed by atoms with Crippen LogP contribution in [0.25, 0.3) is 0 Å². The lowest BCUT2D eigenvalue weighted by Crippen LogP contribution is -2.53. The van der Waals surface area contributed by atoms with Crippen LogP contribution in [0.1, 0.15) is 93.0 Å². The zero-order valence-corrected chi connectivity index (χ0v) is 40.6. The number of ether oxygens (including phenoxy) is 4. The lowest BCUT2D eigenvalue weighted by molar-refractivity contribution is -0.128. The van der Waals surface area contributed by atoms with Crippen LogP contribution in [0.2, 0.25) is 0 Å². The number of fused-ring (bicyclic) bond motifs is 4. The molecule has 1 unspecified atom stereocenters. The molecule has 6 atom stereocenters. The number of nitrogens with one attached hydrogen (secondary N) is 3. The van der Waals surface area contributed by atoms with E-state index in [2.05, 4.69) is 16.0 Å². The van der Waals surface area contributed by atoms with Gasteiger partial charge in [0, 0.05) is 30.2 Å². The Bertz CT molecular complexity index is 2670. The number of aliphatic hydroxyl groups excluding tert-OH is 2. The van der Waals surface area contributed by atoms with Crippen molar-refractivity contribution in [1.82, 2.24) is 20.4 Å². The number of carbonyl (C=O) groups excluding carboxylic acids is 5. The van der Waals surface area contributed by atoms with Crippen LogP contribution < -0.4 is 40.0 Å². The van der Waals surface area contributed by atoms with Crippen molar-refractivity contribution in [2.75, 3.05) is 35.4 Å². The third-order valence-electron chi connectivity index (χ3n) is 12.7. The number of amides is 7. The minimum atomic E-state index is -1.53. The standard InChI is InChI=1S/C50H59N7O15/c1-26(2)41(53-48(64)65)43(59)51-29(5)42(58)52-31-12-10-30(11-13-31)25-72-50(68)57-35-20-32(14-15-33(35)44(60)54-23-28(4)19-38(54)47(57)63)70-16-8-7-9-17-71-40-22-36-34(21-39(40)69-6)45(61)55-24-27(3)18-37(55)46(62)56(36)49(66)67/h10-15,20-24,26,29,37-38,41,46-47,53,62-63H,7-9,16-19,25H2,1-6H3,(H,51,59)(H,52,58)(H,64,65)(H,66,67)/t29-,37?,38-,41-,46-,47-/m0/s1. The summed E-state index contributed by atoms with van der Waals surface area (Å²) in [7, 11) is 1.40. The lowest BCUT2D eigenvalue weighted by Gasteiger charge is -2.31. The average Bonchev–Trinajstić information content (AvgIpc) is 3.90. The van der Waals surface area contributed by atoms with Gasteiger partial charge in [0.1, 0.15) is 24.4 Å². The molecule has 22 heteroatoms. The van der Waals surface area contributed by atoms with Gasteiger partial charge in [-0.25, -0.2) is 24.2 Å². The predicted octanol–water partition coefficient (Wildman–Crippen LogP) is 5.59. The fourth-order valence-electron chi connectivity index (χ4n) is 8.99. The Morgan fingerprint density at radius 1 is 0.708 bits per heavy atom. The Kier molecular flexibility index (Phi) is 15.9. The fourth-order valence-corrected chi connectivity index (χ4v) is 8.99. The maximum atomic E-state index is 14.0. The van der Waals surface area contributed by atoms with E-state index in [1.807, 2.05) is 6.92 Å². The number of hydrogen-bond acceptors (Lipinski definition) is 13. The van der Waals surface area contributed by atoms with Gasteiger partial charge in [-0.3, -0.25) is 19.2 Å². The van der Waals surface area contributed by atoms with Crippen LogP contribution in [0, 0.1) is 5.92 Å². The van der Waals surface area contributed by atoms with E-state index in [4.69, 9.17) is 24.1 Å². The van der Waals surface area contributed by atoms with Crippen molar-refractivity contribution in [2.24, 2.45) is 5.92 Å². The molecule has 0 radical (unpaired) electrons. The average molecular weight is 998 g/mol. The first-order valence-electron chi connectivity index (χ1n) is 23.4. The molecule has 3 aromatic carbocycles. The number of methoxy groups -OCH3 is 1. The van der Waals surface area contributed by atoms with Gasteiger partial charge in [0.2, 0.25) is 11.8 Å². The summed E-state index contributed by atoms with van der Waals surface area (Å²) in [6.07, 6.45) is -1.18. The summed E-state index contributed by atoms with van der Waals surface area (Å²) in [5.74, 6) is -1.76. The SMILES string of the molecule is COc1cc2c(cc1OCCCCCOc1ccc3c(c1)N(C(=O)OCc1ccc(NC(=O)[C@H](C)NC(=O)[C@@H](NC(=O)O)C(C)C)cc1)[C@@H](O)[C@@H]1CC(C)=CN1C3=O)N(C(=O)O)[C@@H](O)C1CC(C)=CN1C2=O. The number of carboxylic acid groups (broad SMARTS) is 2. The third kappa shape index (κ3) is 11.2. The van der Waals surface area contributed by atoms with Gasteiger partial charge in [0.15, 0.2) is 24.0 Å². The van der Waals surface area contributed by atoms with Crippen LogP contribution in [-0.4, -0.2) is 129 Å². The molecule has 7 rings (SSSR count). The van der Waals surface area contributed by atoms with E-state index >= 15 is 0 Å². The number of nitrogens with zero attached hydrogens (tertiary/aromatic N) is 4. The number of hydrogen-bond donors (Lipinski definition) is 7. The number of aliphatic hydroxyl groups is 2. The monoisotopic (exact) mass is 997 g/mol. The number of carbonyl (C=O) groups is 7. The Balaban J connectivity index is 0.953. The van der Waals surface area contributed by atoms with Crippen LogP contribution in [0.3, 0.4) is 0 Å². The van der Waals surface area contributed by atoms with Crippen molar-refractivity contribution in [1.29, 1.82) is 0 Å². The Labute approximate surface area is 414 Å². The first-order chi connectivity index (χ1) is 34.3. The number of benzene rings is 3. The Morgan fingerprint density at radius 2 is 1.31 bits per heavy atom. The van der Waals surface area contributed by atoms with Crippen LogP contribution >= 0.6 is 0 Å². The predicted molar refractivity (Wildman–Crippen MR) is 259 cm³/mol. The highest BCUT2D eigenvalue weighted by atomic mass is 16.6. The maximum absolute atomic E-state index is 14.0. The summed E-state index contributed by atoms with van der Waals surface area (Å²) >= 11 is 0. The van der Waals surface area contributed by atoms with Crippen LogP contribution in [0.4, 0.5) is 31.4 Å². The highest BCUT2D eigenvalue weighted by Crippen LogP contribution is 2.42. The van der Waals surface area contributed by atoms with Crippen molar-refractivity contribution in [3.8, 4) is 17.2 Å². The van der Waals surface area contributed by atoms with Crippen molar-refractivity contribution in [3.63, 3.8) is 0 Å². The molecule has 0 aliphatic carbocycles. The molecule has 0 bridgehead atoms. The molecule has 384 valence electrons. The highest BCUT2D eigenvalue weighted by Gasteiger charge is 2.46. The van der Waals surface area contributed by atoms with Crippen molar-refractivity contribution in [2.45, 2.75) is 110 Å². The second-order valence-electron chi connectivity index (χ2n) is 18.4. The second kappa shape index (κ2) is 22.1. The highest BCUT2D eigenvalue weighted by molar-refractivity contribution is 6.07. The number of rotatable bonds is 17. The van der Waals surface area contributed by atoms with Crippen molar-refractivity contribution < 1.29 is 72.9 Å². The summed E-state index contributed by atoms with van der Waals surface area (Å²) < 4.78 is 23.3. The van der Waals surface area contributed by atoms with Crippen LogP contribution in [-0.2, 0) is 20.9 Å². The van der Waals surface area contributed by atoms with E-state index < -0.39 is 78.5 Å². The van der Waals surface area contributed by atoms with Crippen molar-refractivity contribution in [3.05, 3.63) is 94.8 Å². The Hall–Kier alpha value is -7.85. The molecule has 0 saturated heterocycles. The molecule has 22 nitrogen and oxygen atoms in total. The van der Waals surface area contributed by atoms with Gasteiger partial charge in [0.25, 0.3) is 11.8 Å². The molecule has 4 aliphatic rings. The molecule has 7 N–H and O–H groups in total. The zero-order valence-electron chi connectivity index (χ0n) is 40.6. The summed E-state index contributed by atoms with van der Waals surface area (Å²) in [6.45, 7) is 8.58. The molecule has 4 heterocycles. The van der Waals surface area contributed by atoms with E-state index in [1.165, 1.54) is 48.1 Å². The smallest absolute Gasteiger partial charge is 0.416 e. The molecule has 0 fully saturated rings. The summed E-state index contributed by atoms with van der Waals surface area (Å²) in [4.78, 5) is 95.1. The van der Waals surface area contributed by atoms with Crippen LogP contribution in [0.15, 0.2) is 78.1 Å². The van der Waals surface area contributed by atoms with E-state index in [0.717, 1.165) is 20.9 Å². The van der Waals surface area contributed by atoms with Gasteiger partial charge in [-0.15, -0.1) is 0 Å². The molecule has 3 aromatic rings. The van der Waals surface area contributed by atoms with E-state index in [1.54, 1.807) is 63.5 Å². The number of unbranched alkanes of at least 4 members (excludes halogenated alkanes) is 2. The minimum absolute atomic E-state index is 0.0263. The summed E-state index contributed by atoms with van der Waals surface area (Å²) in [5.41, 5.74) is 2.78. The van der Waals surface area contributed by atoms with Gasteiger partial charge in [0.05, 0.1) is 54.9 Å².